The second kappa shape index (κ2) is 7.53. The molecule has 1 fully saturated rings. The van der Waals surface area contributed by atoms with Crippen molar-refractivity contribution < 1.29 is 14.4 Å². The second-order valence-corrected chi connectivity index (χ2v) is 6.68. The van der Waals surface area contributed by atoms with E-state index in [2.05, 4.69) is 10.3 Å². The number of barbiturate groups is 1. The molecule has 1 aliphatic heterocycles. The van der Waals surface area contributed by atoms with Crippen molar-refractivity contribution in [1.29, 1.82) is 0 Å². The molecule has 1 N–H and O–H groups in total. The monoisotopic (exact) mass is 363 g/mol. The average Bonchev–Trinajstić information content (AvgIpc) is 2.61. The number of aryl methyl sites for hydroxylation is 2. The molecule has 138 valence electrons. The van der Waals surface area contributed by atoms with Gasteiger partial charge in [-0.05, 0) is 49.6 Å². The van der Waals surface area contributed by atoms with Gasteiger partial charge in [-0.1, -0.05) is 36.4 Å². The molecule has 0 unspecified atom stereocenters. The summed E-state index contributed by atoms with van der Waals surface area (Å²) in [4.78, 5) is 42.7. The number of hydrogen-bond acceptors (Lipinski definition) is 4. The summed E-state index contributed by atoms with van der Waals surface area (Å²) in [5.74, 6) is -2.40. The zero-order valence-electron chi connectivity index (χ0n) is 15.5. The number of imide groups is 2. The van der Waals surface area contributed by atoms with Crippen LogP contribution in [0, 0.1) is 19.8 Å². The smallest absolute Gasteiger partial charge is 0.288 e. The summed E-state index contributed by atoms with van der Waals surface area (Å²) in [6.07, 6.45) is 1.33. The first-order valence-electron chi connectivity index (χ1n) is 8.72. The number of hydrogen-bond donors (Lipinski definition) is 1. The Kier molecular flexibility index (Phi) is 5.16. The fourth-order valence-electron chi connectivity index (χ4n) is 3.08. The fourth-order valence-corrected chi connectivity index (χ4v) is 3.08. The topological polar surface area (TPSA) is 78.8 Å². The van der Waals surface area contributed by atoms with Crippen LogP contribution in [0.2, 0.25) is 0 Å². The van der Waals surface area contributed by atoms with Gasteiger partial charge in [-0.2, -0.15) is 0 Å². The van der Waals surface area contributed by atoms with E-state index >= 15 is 0 Å². The number of nitrogens with zero attached hydrogens (tertiary/aromatic N) is 2. The lowest BCUT2D eigenvalue weighted by Crippen LogP contribution is -2.58. The first kappa shape index (κ1) is 18.5. The molecule has 0 aliphatic carbocycles. The molecule has 1 saturated heterocycles. The summed E-state index contributed by atoms with van der Waals surface area (Å²) in [6, 6.07) is 14.0. The van der Waals surface area contributed by atoms with Crippen molar-refractivity contribution in [3.8, 4) is 0 Å². The number of benzene rings is 2. The summed E-state index contributed by atoms with van der Waals surface area (Å²) in [7, 11) is 0. The molecule has 2 atom stereocenters. The Morgan fingerprint density at radius 3 is 2.30 bits per heavy atom. The third-order valence-electron chi connectivity index (χ3n) is 4.41. The van der Waals surface area contributed by atoms with Gasteiger partial charge in [0.05, 0.1) is 11.7 Å². The molecule has 0 spiro atoms. The summed E-state index contributed by atoms with van der Waals surface area (Å²) >= 11 is 0. The Bertz CT molecular complexity index is 901. The Morgan fingerprint density at radius 2 is 1.67 bits per heavy atom. The van der Waals surface area contributed by atoms with E-state index in [-0.39, 0.29) is 6.04 Å². The molecule has 2 aromatic rings. The normalized spacial score (nSPS) is 18.7. The number of nitrogens with one attached hydrogen (secondary N) is 1. The van der Waals surface area contributed by atoms with Gasteiger partial charge in [-0.15, -0.1) is 0 Å². The molecular formula is C21H21N3O3. The van der Waals surface area contributed by atoms with Gasteiger partial charge in [0.25, 0.3) is 5.91 Å². The van der Waals surface area contributed by atoms with E-state index in [9.17, 15) is 14.4 Å². The molecule has 27 heavy (non-hydrogen) atoms. The van der Waals surface area contributed by atoms with Gasteiger partial charge in [0, 0.05) is 6.21 Å². The van der Waals surface area contributed by atoms with Gasteiger partial charge in [0.1, 0.15) is 0 Å². The maximum Gasteiger partial charge on any atom is 0.335 e. The summed E-state index contributed by atoms with van der Waals surface area (Å²) in [6.45, 7) is 5.65. The molecule has 4 amide bonds. The summed E-state index contributed by atoms with van der Waals surface area (Å²) in [5.41, 5.74) is 3.26. The highest BCUT2D eigenvalue weighted by atomic mass is 16.2. The van der Waals surface area contributed by atoms with Crippen LogP contribution in [0.4, 0.5) is 10.5 Å². The van der Waals surface area contributed by atoms with Crippen LogP contribution in [0.25, 0.3) is 0 Å². The molecule has 3 rings (SSSR count). The predicted octanol–water partition coefficient (Wildman–Crippen LogP) is 3.33. The van der Waals surface area contributed by atoms with E-state index < -0.39 is 23.8 Å². The standard InChI is InChI=1S/C21H21N3O3/c1-13-9-14(2)11-17(10-13)24-20(26)18(19(25)23-21(24)27)12-22-15(3)16-7-5-4-6-8-16/h4-12,15,18H,1-3H3,(H,23,25,27)/t15-,18+/m0/s1. The van der Waals surface area contributed by atoms with Crippen LogP contribution in [0.1, 0.15) is 29.7 Å². The van der Waals surface area contributed by atoms with Gasteiger partial charge >= 0.3 is 6.03 Å². The lowest BCUT2D eigenvalue weighted by Gasteiger charge is -2.29. The largest absolute Gasteiger partial charge is 0.335 e. The van der Waals surface area contributed by atoms with Crippen molar-refractivity contribution in [2.45, 2.75) is 26.8 Å². The van der Waals surface area contributed by atoms with Crippen LogP contribution in [0.15, 0.2) is 53.5 Å². The number of aliphatic imine (C=N–C) groups is 1. The molecule has 6 heteroatoms. The lowest BCUT2D eigenvalue weighted by atomic mass is 10.0. The minimum Gasteiger partial charge on any atom is -0.288 e. The predicted molar refractivity (Wildman–Crippen MR) is 104 cm³/mol. The minimum atomic E-state index is -1.14. The number of carbonyl (C=O) groups excluding carboxylic acids is 3. The van der Waals surface area contributed by atoms with Crippen LogP contribution in [-0.4, -0.2) is 24.1 Å². The van der Waals surface area contributed by atoms with Crippen LogP contribution >= 0.6 is 0 Å². The third kappa shape index (κ3) is 3.95. The van der Waals surface area contributed by atoms with Crippen molar-refractivity contribution in [2.24, 2.45) is 10.9 Å². The van der Waals surface area contributed by atoms with Crippen LogP contribution in [-0.2, 0) is 9.59 Å². The third-order valence-corrected chi connectivity index (χ3v) is 4.41. The van der Waals surface area contributed by atoms with E-state index in [1.165, 1.54) is 6.21 Å². The maximum atomic E-state index is 12.9. The number of rotatable bonds is 4. The van der Waals surface area contributed by atoms with Crippen molar-refractivity contribution in [3.05, 3.63) is 65.2 Å². The first-order chi connectivity index (χ1) is 12.9. The molecular weight excluding hydrogens is 342 g/mol. The Morgan fingerprint density at radius 1 is 1.04 bits per heavy atom. The molecule has 0 bridgehead atoms. The number of amides is 4. The van der Waals surface area contributed by atoms with Gasteiger partial charge in [0.2, 0.25) is 5.91 Å². The van der Waals surface area contributed by atoms with Crippen LogP contribution in [0.3, 0.4) is 0 Å². The molecule has 0 saturated carbocycles. The zero-order valence-corrected chi connectivity index (χ0v) is 15.5. The molecule has 0 aromatic heterocycles. The SMILES string of the molecule is Cc1cc(C)cc(N2C(=O)NC(=O)[C@@H](C=N[C@@H](C)c3ccccc3)C2=O)c1. The van der Waals surface area contributed by atoms with Crippen molar-refractivity contribution in [1.82, 2.24) is 5.32 Å². The minimum absolute atomic E-state index is 0.209. The highest BCUT2D eigenvalue weighted by Gasteiger charge is 2.40. The fraction of sp³-hybridized carbons (Fsp3) is 0.238. The van der Waals surface area contributed by atoms with E-state index in [1.807, 2.05) is 57.2 Å². The lowest BCUT2D eigenvalue weighted by molar-refractivity contribution is -0.131. The van der Waals surface area contributed by atoms with E-state index in [4.69, 9.17) is 0 Å². The van der Waals surface area contributed by atoms with E-state index in [0.29, 0.717) is 5.69 Å². The number of anilines is 1. The maximum absolute atomic E-state index is 12.9. The van der Waals surface area contributed by atoms with Crippen molar-refractivity contribution in [3.63, 3.8) is 0 Å². The van der Waals surface area contributed by atoms with Crippen LogP contribution < -0.4 is 10.2 Å². The quantitative estimate of drug-likeness (QED) is 0.668. The number of urea groups is 1. The first-order valence-corrected chi connectivity index (χ1v) is 8.72. The van der Waals surface area contributed by atoms with E-state index in [0.717, 1.165) is 21.6 Å². The van der Waals surface area contributed by atoms with E-state index in [1.54, 1.807) is 12.1 Å². The molecule has 2 aromatic carbocycles. The molecule has 1 aliphatic rings. The second-order valence-electron chi connectivity index (χ2n) is 6.68. The van der Waals surface area contributed by atoms with Crippen molar-refractivity contribution in [2.75, 3.05) is 4.90 Å². The van der Waals surface area contributed by atoms with Crippen LogP contribution in [0.5, 0.6) is 0 Å². The zero-order chi connectivity index (χ0) is 19.6. The molecule has 0 radical (unpaired) electrons. The molecule has 1 heterocycles. The van der Waals surface area contributed by atoms with Gasteiger partial charge in [-0.3, -0.25) is 19.9 Å². The Labute approximate surface area is 157 Å². The molecule has 6 nitrogen and oxygen atoms in total. The summed E-state index contributed by atoms with van der Waals surface area (Å²) < 4.78 is 0. The Hall–Kier alpha value is -3.28. The highest BCUT2D eigenvalue weighted by molar-refractivity contribution is 6.32. The average molecular weight is 363 g/mol. The van der Waals surface area contributed by atoms with Gasteiger partial charge in [0.15, 0.2) is 5.92 Å². The van der Waals surface area contributed by atoms with Gasteiger partial charge < -0.3 is 0 Å². The summed E-state index contributed by atoms with van der Waals surface area (Å²) in [5, 5.41) is 2.25. The van der Waals surface area contributed by atoms with Crippen molar-refractivity contribution >= 4 is 29.7 Å². The van der Waals surface area contributed by atoms with Gasteiger partial charge in [-0.25, -0.2) is 9.69 Å². The number of carbonyl (C=O) groups is 3. The highest BCUT2D eigenvalue weighted by Crippen LogP contribution is 2.23. The Balaban J connectivity index is 1.87.